The number of carbonyl (C=O) groups is 1. The molecule has 2 aliphatic rings. The Labute approximate surface area is 145 Å². The second-order valence-corrected chi connectivity index (χ2v) is 7.80. The third-order valence-corrected chi connectivity index (χ3v) is 6.45. The van der Waals surface area contributed by atoms with Gasteiger partial charge in [0.2, 0.25) is 0 Å². The number of rotatable bonds is 4. The van der Waals surface area contributed by atoms with E-state index >= 15 is 0 Å². The second-order valence-electron chi connectivity index (χ2n) is 5.13. The van der Waals surface area contributed by atoms with Crippen molar-refractivity contribution >= 4 is 51.7 Å². The number of hydrogen-bond donors (Lipinski definition) is 0. The van der Waals surface area contributed by atoms with Crippen molar-refractivity contribution in [2.45, 2.75) is 31.6 Å². The van der Waals surface area contributed by atoms with E-state index in [9.17, 15) is 4.79 Å². The molecule has 22 heavy (non-hydrogen) atoms. The van der Waals surface area contributed by atoms with Gasteiger partial charge in [0.1, 0.15) is 14.3 Å². The minimum atomic E-state index is 0.0669. The summed E-state index contributed by atoms with van der Waals surface area (Å²) in [5.41, 5.74) is 1.18. The molecule has 1 saturated heterocycles. The largest absolute Gasteiger partial charge is 0.334 e. The quantitative estimate of drug-likeness (QED) is 0.590. The maximum absolute atomic E-state index is 12.7. The summed E-state index contributed by atoms with van der Waals surface area (Å²) in [4.78, 5) is 18.7. The number of nitrogens with zero attached hydrogens (tertiary/aromatic N) is 2. The van der Waals surface area contributed by atoms with Gasteiger partial charge in [0, 0.05) is 18.0 Å². The molecule has 116 valence electrons. The summed E-state index contributed by atoms with van der Waals surface area (Å²) in [5, 5.41) is 1.03. The van der Waals surface area contributed by atoms with Crippen molar-refractivity contribution in [1.29, 1.82) is 0 Å². The van der Waals surface area contributed by atoms with E-state index in [2.05, 4.69) is 30.9 Å². The van der Waals surface area contributed by atoms with Crippen LogP contribution in [0, 0.1) is 0 Å². The maximum atomic E-state index is 12.7. The summed E-state index contributed by atoms with van der Waals surface area (Å²) in [7, 11) is 0. The van der Waals surface area contributed by atoms with Gasteiger partial charge in [0.15, 0.2) is 0 Å². The monoisotopic (exact) mass is 350 g/mol. The fraction of sp³-hybridized carbons (Fsp3) is 0.375. The molecule has 3 rings (SSSR count). The zero-order valence-electron chi connectivity index (χ0n) is 12.7. The summed E-state index contributed by atoms with van der Waals surface area (Å²) in [6.45, 7) is 5.80. The minimum absolute atomic E-state index is 0.0669. The lowest BCUT2D eigenvalue weighted by atomic mass is 10.3. The highest BCUT2D eigenvalue weighted by Crippen LogP contribution is 2.50. The first-order chi connectivity index (χ1) is 10.7. The number of thioether (sulfide) groups is 2. The van der Waals surface area contributed by atoms with E-state index in [1.807, 2.05) is 12.1 Å². The highest BCUT2D eigenvalue weighted by molar-refractivity contribution is 8.27. The van der Waals surface area contributed by atoms with E-state index in [0.717, 1.165) is 35.9 Å². The zero-order valence-corrected chi connectivity index (χ0v) is 15.1. The normalized spacial score (nSPS) is 21.0. The van der Waals surface area contributed by atoms with Crippen molar-refractivity contribution in [2.75, 3.05) is 18.0 Å². The van der Waals surface area contributed by atoms with E-state index in [-0.39, 0.29) is 5.91 Å². The van der Waals surface area contributed by atoms with Crippen LogP contribution < -0.4 is 4.90 Å². The van der Waals surface area contributed by atoms with Gasteiger partial charge < -0.3 is 4.90 Å². The fourth-order valence-electron chi connectivity index (χ4n) is 2.55. The Morgan fingerprint density at radius 3 is 2.64 bits per heavy atom. The number of carbonyl (C=O) groups excluding carboxylic acids is 1. The topological polar surface area (TPSA) is 23.6 Å². The second kappa shape index (κ2) is 6.64. The molecule has 0 unspecified atom stereocenters. The number of benzene rings is 1. The van der Waals surface area contributed by atoms with Crippen LogP contribution in [0.3, 0.4) is 0 Å². The Morgan fingerprint density at radius 1 is 1.14 bits per heavy atom. The molecule has 2 heterocycles. The average Bonchev–Trinajstić information content (AvgIpc) is 3.03. The molecule has 0 saturated carbocycles. The molecule has 1 aromatic rings. The summed E-state index contributed by atoms with van der Waals surface area (Å²) in [5.74, 6) is 0.0669. The van der Waals surface area contributed by atoms with E-state index in [4.69, 9.17) is 12.2 Å². The molecule has 3 nitrogen and oxygen atoms in total. The van der Waals surface area contributed by atoms with E-state index in [1.165, 1.54) is 22.3 Å². The zero-order chi connectivity index (χ0) is 15.7. The Morgan fingerprint density at radius 2 is 1.91 bits per heavy atom. The van der Waals surface area contributed by atoms with Crippen molar-refractivity contribution in [3.05, 3.63) is 34.2 Å². The summed E-state index contributed by atoms with van der Waals surface area (Å²) in [6, 6.07) is 8.29. The first-order valence-electron chi connectivity index (χ1n) is 7.49. The van der Waals surface area contributed by atoms with Gasteiger partial charge in [-0.2, -0.15) is 0 Å². The lowest BCUT2D eigenvalue weighted by molar-refractivity contribution is -0.122. The van der Waals surface area contributed by atoms with E-state index in [0.29, 0.717) is 4.32 Å². The van der Waals surface area contributed by atoms with Gasteiger partial charge in [-0.05, 0) is 25.5 Å². The Bertz CT molecular complexity index is 657. The van der Waals surface area contributed by atoms with Crippen molar-refractivity contribution in [3.8, 4) is 0 Å². The first kappa shape index (κ1) is 15.9. The molecule has 1 amide bonds. The number of anilines is 1. The van der Waals surface area contributed by atoms with Gasteiger partial charge in [-0.25, -0.2) is 0 Å². The number of fused-ring (bicyclic) bond motifs is 1. The van der Waals surface area contributed by atoms with Crippen molar-refractivity contribution in [2.24, 2.45) is 0 Å². The molecule has 2 aliphatic heterocycles. The minimum Gasteiger partial charge on any atom is -0.334 e. The van der Waals surface area contributed by atoms with Crippen LogP contribution in [0.15, 0.2) is 39.1 Å². The fourth-order valence-corrected chi connectivity index (χ4v) is 5.24. The predicted molar refractivity (Wildman–Crippen MR) is 99.2 cm³/mol. The molecular formula is C16H18N2OS3. The van der Waals surface area contributed by atoms with E-state index in [1.54, 1.807) is 16.7 Å². The molecule has 1 aromatic carbocycles. The summed E-state index contributed by atoms with van der Waals surface area (Å²) >= 11 is 8.53. The number of amides is 1. The molecule has 0 atom stereocenters. The standard InChI is InChI=1S/C16H18N2OS3/c1-3-5-10-18-14(19)13(22-16(18)20)15-17(4-2)11-8-6-7-9-12(11)21-15/h6-9H,3-5,10H2,1-2H3. The van der Waals surface area contributed by atoms with Crippen LogP contribution in [0.4, 0.5) is 5.69 Å². The smallest absolute Gasteiger partial charge is 0.268 e. The van der Waals surface area contributed by atoms with Gasteiger partial charge in [0.25, 0.3) is 5.91 Å². The van der Waals surface area contributed by atoms with Crippen LogP contribution >= 0.6 is 35.7 Å². The SMILES string of the molecule is CCCCN1C(=O)C(=C2Sc3ccccc3N2CC)SC1=S. The van der Waals surface area contributed by atoms with Crippen molar-refractivity contribution in [3.63, 3.8) is 0 Å². The number of hydrogen-bond acceptors (Lipinski definition) is 5. The van der Waals surface area contributed by atoms with Crippen LogP contribution in [0.5, 0.6) is 0 Å². The van der Waals surface area contributed by atoms with Crippen molar-refractivity contribution in [1.82, 2.24) is 4.90 Å². The van der Waals surface area contributed by atoms with Crippen LogP contribution in [0.1, 0.15) is 26.7 Å². The molecule has 0 bridgehead atoms. The Hall–Kier alpha value is -0.980. The van der Waals surface area contributed by atoms with Gasteiger partial charge in [-0.3, -0.25) is 9.69 Å². The maximum Gasteiger partial charge on any atom is 0.268 e. The lowest BCUT2D eigenvalue weighted by Crippen LogP contribution is -2.29. The van der Waals surface area contributed by atoms with Gasteiger partial charge >= 0.3 is 0 Å². The van der Waals surface area contributed by atoms with Gasteiger partial charge in [0.05, 0.1) is 5.69 Å². The molecule has 1 fully saturated rings. The van der Waals surface area contributed by atoms with Crippen molar-refractivity contribution < 1.29 is 4.79 Å². The molecule has 0 radical (unpaired) electrons. The Balaban J connectivity index is 1.94. The van der Waals surface area contributed by atoms with Gasteiger partial charge in [-0.15, -0.1) is 0 Å². The summed E-state index contributed by atoms with van der Waals surface area (Å²) in [6.07, 6.45) is 2.05. The third kappa shape index (κ3) is 2.68. The highest BCUT2D eigenvalue weighted by atomic mass is 32.2. The Kier molecular flexibility index (Phi) is 4.80. The van der Waals surface area contributed by atoms with Crippen LogP contribution in [-0.2, 0) is 4.79 Å². The first-order valence-corrected chi connectivity index (χ1v) is 9.53. The summed E-state index contributed by atoms with van der Waals surface area (Å²) < 4.78 is 0.688. The van der Waals surface area contributed by atoms with Crippen LogP contribution in [0.25, 0.3) is 0 Å². The number of thiocarbonyl (C=S) groups is 1. The van der Waals surface area contributed by atoms with Crippen LogP contribution in [-0.4, -0.2) is 28.2 Å². The number of unbranched alkanes of at least 4 members (excludes halogenated alkanes) is 1. The molecule has 0 aromatic heterocycles. The third-order valence-electron chi connectivity index (χ3n) is 3.70. The molecule has 0 spiro atoms. The van der Waals surface area contributed by atoms with E-state index < -0.39 is 0 Å². The number of para-hydroxylation sites is 1. The average molecular weight is 351 g/mol. The predicted octanol–water partition coefficient (Wildman–Crippen LogP) is 4.45. The molecular weight excluding hydrogens is 332 g/mol. The molecule has 6 heteroatoms. The highest BCUT2D eigenvalue weighted by Gasteiger charge is 2.38. The molecule has 0 aliphatic carbocycles. The molecule has 0 N–H and O–H groups in total. The van der Waals surface area contributed by atoms with Gasteiger partial charge in [-0.1, -0.05) is 61.2 Å². The lowest BCUT2D eigenvalue weighted by Gasteiger charge is -2.19. The van der Waals surface area contributed by atoms with Crippen LogP contribution in [0.2, 0.25) is 0 Å².